The molecular formula is C19H27Cl3SiTi. The molecule has 24 heavy (non-hydrogen) atoms. The van der Waals surface area contributed by atoms with Gasteiger partial charge < -0.3 is 37.2 Å². The molecule has 0 aliphatic heterocycles. The molecule has 0 saturated carbocycles. The van der Waals surface area contributed by atoms with Gasteiger partial charge in [-0.3, -0.25) is 0 Å². The molecule has 0 spiro atoms. The number of halogens is 3. The summed E-state index contributed by atoms with van der Waals surface area (Å²) in [6.07, 6.45) is 2.31. The zero-order valence-electron chi connectivity index (χ0n) is 15.2. The molecule has 0 saturated heterocycles. The van der Waals surface area contributed by atoms with Crippen LogP contribution in [-0.4, -0.2) is 8.07 Å². The Bertz CT molecular complexity index is 557. The summed E-state index contributed by atoms with van der Waals surface area (Å²) in [4.78, 5) is 0. The maximum absolute atomic E-state index is 2.48. The van der Waals surface area contributed by atoms with Crippen LogP contribution in [0.2, 0.25) is 19.6 Å². The van der Waals surface area contributed by atoms with Crippen molar-refractivity contribution >= 4 is 13.3 Å². The fraction of sp³-hybridized carbons (Fsp3) is 0.421. The van der Waals surface area contributed by atoms with E-state index in [1.54, 1.807) is 5.19 Å². The van der Waals surface area contributed by atoms with Crippen molar-refractivity contribution in [2.24, 2.45) is 0 Å². The van der Waals surface area contributed by atoms with Crippen molar-refractivity contribution in [3.63, 3.8) is 0 Å². The Morgan fingerprint density at radius 1 is 0.875 bits per heavy atom. The monoisotopic (exact) mass is 436 g/mol. The summed E-state index contributed by atoms with van der Waals surface area (Å²) >= 11 is 0. The van der Waals surface area contributed by atoms with Crippen LogP contribution in [0.25, 0.3) is 0 Å². The Labute approximate surface area is 182 Å². The molecule has 0 fully saturated rings. The van der Waals surface area contributed by atoms with Gasteiger partial charge in [-0.1, -0.05) is 76.7 Å². The fourth-order valence-electron chi connectivity index (χ4n) is 3.20. The van der Waals surface area contributed by atoms with Crippen LogP contribution in [-0.2, 0) is 27.1 Å². The van der Waals surface area contributed by atoms with Crippen LogP contribution in [0.1, 0.15) is 37.8 Å². The first-order valence-corrected chi connectivity index (χ1v) is 11.3. The second-order valence-corrected chi connectivity index (χ2v) is 11.9. The normalized spacial score (nSPS) is 10.5. The van der Waals surface area contributed by atoms with E-state index in [2.05, 4.69) is 82.0 Å². The molecule has 0 aromatic heterocycles. The molecule has 0 N–H and O–H groups in total. The average Bonchev–Trinajstić information content (AvgIpc) is 2.92. The number of hydrogen-bond donors (Lipinski definition) is 0. The zero-order chi connectivity index (χ0) is 14.8. The predicted molar refractivity (Wildman–Crippen MR) is 92.8 cm³/mol. The molecule has 0 radical (unpaired) electrons. The smallest absolute Gasteiger partial charge is 1.00 e. The summed E-state index contributed by atoms with van der Waals surface area (Å²) < 4.78 is 0. The molecule has 0 aliphatic carbocycles. The van der Waals surface area contributed by atoms with Gasteiger partial charge in [0.15, 0.2) is 0 Å². The molecule has 0 amide bonds. The van der Waals surface area contributed by atoms with Gasteiger partial charge in [-0.25, -0.2) is 11.3 Å². The van der Waals surface area contributed by atoms with Gasteiger partial charge in [-0.15, -0.1) is 5.56 Å². The molecule has 132 valence electrons. The largest absolute Gasteiger partial charge is 4.00 e. The average molecular weight is 438 g/mol. The van der Waals surface area contributed by atoms with Crippen LogP contribution in [0.4, 0.5) is 0 Å². The number of hydrogen-bond acceptors (Lipinski definition) is 0. The molecule has 2 rings (SSSR count). The van der Waals surface area contributed by atoms with Gasteiger partial charge in [0, 0.05) is 8.07 Å². The third-order valence-corrected chi connectivity index (χ3v) is 6.75. The second kappa shape index (κ2) is 11.9. The first-order valence-electron chi connectivity index (χ1n) is 7.77. The topological polar surface area (TPSA) is 0 Å². The molecule has 2 aromatic rings. The van der Waals surface area contributed by atoms with Crippen molar-refractivity contribution in [2.75, 3.05) is 0 Å². The van der Waals surface area contributed by atoms with Gasteiger partial charge in [0.2, 0.25) is 0 Å². The van der Waals surface area contributed by atoms with Crippen molar-refractivity contribution in [2.45, 2.75) is 51.7 Å². The molecular weight excluding hydrogens is 411 g/mol. The van der Waals surface area contributed by atoms with Gasteiger partial charge >= 0.3 is 21.7 Å². The minimum absolute atomic E-state index is 0. The summed E-state index contributed by atoms with van der Waals surface area (Å²) in [6, 6.07) is 18.2. The maximum Gasteiger partial charge on any atom is 4.00 e. The van der Waals surface area contributed by atoms with E-state index in [9.17, 15) is 0 Å². The molecule has 0 aliphatic rings. The Morgan fingerprint density at radius 3 is 1.75 bits per heavy atom. The summed E-state index contributed by atoms with van der Waals surface area (Å²) in [6.45, 7) is 11.9. The van der Waals surface area contributed by atoms with Gasteiger partial charge in [0.25, 0.3) is 0 Å². The molecule has 5 heteroatoms. The first kappa shape index (κ1) is 29.1. The van der Waals surface area contributed by atoms with E-state index in [-0.39, 0.29) is 64.4 Å². The van der Waals surface area contributed by atoms with Crippen LogP contribution < -0.4 is 42.4 Å². The first-order chi connectivity index (χ1) is 9.44. The van der Waals surface area contributed by atoms with E-state index in [0.717, 1.165) is 12.8 Å². The van der Waals surface area contributed by atoms with Crippen molar-refractivity contribution in [3.8, 4) is 0 Å². The van der Waals surface area contributed by atoms with Crippen molar-refractivity contribution < 1.29 is 58.9 Å². The van der Waals surface area contributed by atoms with Crippen molar-refractivity contribution in [1.29, 1.82) is 0 Å². The number of benzene rings is 1. The zero-order valence-corrected chi connectivity index (χ0v) is 20.0. The SMILES string of the molecule is CCC(CC)(c1ccccc1)[c-]1ccc([Si](C)(C)C)c1.[Cl-].[Cl-].[Cl-].[Ti+4]. The van der Waals surface area contributed by atoms with Gasteiger partial charge in [0.1, 0.15) is 0 Å². The van der Waals surface area contributed by atoms with Crippen LogP contribution in [0.3, 0.4) is 0 Å². The molecule has 0 unspecified atom stereocenters. The quantitative estimate of drug-likeness (QED) is 0.331. The summed E-state index contributed by atoms with van der Waals surface area (Å²) in [5, 5.41) is 1.58. The van der Waals surface area contributed by atoms with Gasteiger partial charge in [-0.2, -0.15) is 12.1 Å². The predicted octanol–water partition coefficient (Wildman–Crippen LogP) is -3.93. The number of rotatable bonds is 5. The maximum atomic E-state index is 2.48. The van der Waals surface area contributed by atoms with E-state index in [1.807, 2.05) is 0 Å². The molecule has 0 atom stereocenters. The standard InChI is InChI=1S/C19H27Si.3ClH.Ti/c1-6-19(7-2,16-11-9-8-10-12-16)17-13-14-18(15-17)20(3,4)5;;;;/h8-15H,6-7H2,1-5H3;3*1H;/q-1;;;;+4/p-3. The van der Waals surface area contributed by atoms with E-state index in [4.69, 9.17) is 0 Å². The minimum Gasteiger partial charge on any atom is -1.00 e. The summed E-state index contributed by atoms with van der Waals surface area (Å²) in [7, 11) is -1.22. The fourth-order valence-corrected chi connectivity index (χ4v) is 4.37. The Morgan fingerprint density at radius 2 is 1.38 bits per heavy atom. The summed E-state index contributed by atoms with van der Waals surface area (Å²) in [5.74, 6) is 0. The Kier molecular flexibility index (Phi) is 14.4. The van der Waals surface area contributed by atoms with Crippen molar-refractivity contribution in [3.05, 3.63) is 59.7 Å². The van der Waals surface area contributed by atoms with Crippen LogP contribution in [0.15, 0.2) is 48.5 Å². The third-order valence-electron chi connectivity index (χ3n) is 4.71. The van der Waals surface area contributed by atoms with Crippen LogP contribution in [0.5, 0.6) is 0 Å². The molecule has 0 bridgehead atoms. The van der Waals surface area contributed by atoms with E-state index < -0.39 is 8.07 Å². The second-order valence-electron chi connectivity index (χ2n) is 6.79. The van der Waals surface area contributed by atoms with Gasteiger partial charge in [0.05, 0.1) is 0 Å². The summed E-state index contributed by atoms with van der Waals surface area (Å²) in [5.41, 5.74) is 3.14. The Hall–Kier alpha value is 0.371. The van der Waals surface area contributed by atoms with Crippen LogP contribution >= 0.6 is 0 Å². The molecule has 2 aromatic carbocycles. The third kappa shape index (κ3) is 5.97. The molecule has 0 heterocycles. The molecule has 0 nitrogen and oxygen atoms in total. The Balaban J connectivity index is -0.00000110. The van der Waals surface area contributed by atoms with Crippen molar-refractivity contribution in [1.82, 2.24) is 0 Å². The van der Waals surface area contributed by atoms with E-state index in [0.29, 0.717) is 0 Å². The van der Waals surface area contributed by atoms with Gasteiger partial charge in [-0.05, 0) is 11.0 Å². The van der Waals surface area contributed by atoms with Crippen LogP contribution in [0, 0.1) is 0 Å². The van der Waals surface area contributed by atoms with E-state index >= 15 is 0 Å². The van der Waals surface area contributed by atoms with E-state index in [1.165, 1.54) is 11.1 Å². The minimum atomic E-state index is -1.22.